The van der Waals surface area contributed by atoms with Crippen molar-refractivity contribution < 1.29 is 9.53 Å². The number of carbonyl (C=O) groups is 1. The molecule has 1 aromatic rings. The van der Waals surface area contributed by atoms with Crippen LogP contribution in [-0.2, 0) is 17.7 Å². The van der Waals surface area contributed by atoms with Gasteiger partial charge < -0.3 is 15.8 Å². The number of fused-ring (bicyclic) bond motifs is 1. The standard InChI is InChI=1S/C12H18N2O2S/c1-12(2,3)16-11(15)9-7-4-5-14-6-8(7)17-10(9)13/h14H,4-6,13H2,1-3H3. The summed E-state index contributed by atoms with van der Waals surface area (Å²) in [7, 11) is 0. The minimum absolute atomic E-state index is 0.297. The lowest BCUT2D eigenvalue weighted by atomic mass is 10.0. The van der Waals surface area contributed by atoms with Crippen LogP contribution in [0.5, 0.6) is 0 Å². The van der Waals surface area contributed by atoms with Gasteiger partial charge in [-0.05, 0) is 39.3 Å². The van der Waals surface area contributed by atoms with Crippen molar-refractivity contribution in [1.82, 2.24) is 5.32 Å². The predicted molar refractivity (Wildman–Crippen MR) is 69.3 cm³/mol. The number of carbonyl (C=O) groups excluding carboxylic acids is 1. The van der Waals surface area contributed by atoms with Crippen molar-refractivity contribution in [3.05, 3.63) is 16.0 Å². The van der Waals surface area contributed by atoms with Crippen molar-refractivity contribution in [2.75, 3.05) is 12.3 Å². The molecule has 17 heavy (non-hydrogen) atoms. The van der Waals surface area contributed by atoms with Crippen molar-refractivity contribution in [3.63, 3.8) is 0 Å². The second kappa shape index (κ2) is 4.31. The minimum atomic E-state index is -0.481. The smallest absolute Gasteiger partial charge is 0.341 e. The topological polar surface area (TPSA) is 64.3 Å². The molecule has 0 bridgehead atoms. The van der Waals surface area contributed by atoms with Crippen molar-refractivity contribution in [2.45, 2.75) is 39.3 Å². The van der Waals surface area contributed by atoms with Gasteiger partial charge in [-0.1, -0.05) is 0 Å². The van der Waals surface area contributed by atoms with Gasteiger partial charge in [-0.15, -0.1) is 11.3 Å². The lowest BCUT2D eigenvalue weighted by Crippen LogP contribution is -2.27. The van der Waals surface area contributed by atoms with Crippen LogP contribution in [0, 0.1) is 0 Å². The fourth-order valence-electron chi connectivity index (χ4n) is 1.91. The molecule has 1 aliphatic rings. The number of anilines is 1. The SMILES string of the molecule is CC(C)(C)OC(=O)c1c(N)sc2c1CCNC2. The quantitative estimate of drug-likeness (QED) is 0.752. The van der Waals surface area contributed by atoms with E-state index in [0.717, 1.165) is 30.0 Å². The van der Waals surface area contributed by atoms with Crippen molar-refractivity contribution in [2.24, 2.45) is 0 Å². The molecule has 4 nitrogen and oxygen atoms in total. The molecule has 0 saturated carbocycles. The third-order valence-corrected chi connectivity index (χ3v) is 3.62. The number of hydrogen-bond donors (Lipinski definition) is 2. The molecule has 5 heteroatoms. The van der Waals surface area contributed by atoms with E-state index in [-0.39, 0.29) is 5.97 Å². The van der Waals surface area contributed by atoms with Crippen LogP contribution in [-0.4, -0.2) is 18.1 Å². The Balaban J connectivity index is 2.32. The maximum atomic E-state index is 12.1. The van der Waals surface area contributed by atoms with E-state index in [1.807, 2.05) is 20.8 Å². The van der Waals surface area contributed by atoms with E-state index in [4.69, 9.17) is 10.5 Å². The predicted octanol–water partition coefficient (Wildman–Crippen LogP) is 1.93. The maximum Gasteiger partial charge on any atom is 0.341 e. The van der Waals surface area contributed by atoms with Crippen LogP contribution < -0.4 is 11.1 Å². The van der Waals surface area contributed by atoms with Crippen molar-refractivity contribution >= 4 is 22.3 Å². The number of ether oxygens (including phenoxy) is 1. The van der Waals surface area contributed by atoms with Gasteiger partial charge in [0, 0.05) is 11.4 Å². The fraction of sp³-hybridized carbons (Fsp3) is 0.583. The molecule has 2 heterocycles. The van der Waals surface area contributed by atoms with Gasteiger partial charge in [0.1, 0.15) is 10.6 Å². The molecule has 3 N–H and O–H groups in total. The molecule has 0 spiro atoms. The molecule has 0 amide bonds. The number of nitrogens with one attached hydrogen (secondary N) is 1. The Kier molecular flexibility index (Phi) is 3.14. The monoisotopic (exact) mass is 254 g/mol. The van der Waals surface area contributed by atoms with E-state index in [1.54, 1.807) is 0 Å². The first-order valence-electron chi connectivity index (χ1n) is 5.72. The van der Waals surface area contributed by atoms with Gasteiger partial charge in [-0.3, -0.25) is 0 Å². The summed E-state index contributed by atoms with van der Waals surface area (Å²) in [5, 5.41) is 3.85. The first-order chi connectivity index (χ1) is 7.88. The molecule has 0 unspecified atom stereocenters. The molecule has 0 aliphatic carbocycles. The Morgan fingerprint density at radius 3 is 2.82 bits per heavy atom. The highest BCUT2D eigenvalue weighted by Gasteiger charge is 2.27. The van der Waals surface area contributed by atoms with Gasteiger partial charge in [-0.2, -0.15) is 0 Å². The summed E-state index contributed by atoms with van der Waals surface area (Å²) in [5.41, 5.74) is 7.10. The van der Waals surface area contributed by atoms with Gasteiger partial charge >= 0.3 is 5.97 Å². The lowest BCUT2D eigenvalue weighted by Gasteiger charge is -2.20. The average Bonchev–Trinajstić information content (AvgIpc) is 2.50. The van der Waals surface area contributed by atoms with E-state index in [9.17, 15) is 4.79 Å². The molecule has 1 aromatic heterocycles. The van der Waals surface area contributed by atoms with Crippen LogP contribution in [0.25, 0.3) is 0 Å². The van der Waals surface area contributed by atoms with Crippen LogP contribution in [0.15, 0.2) is 0 Å². The van der Waals surface area contributed by atoms with E-state index in [2.05, 4.69) is 5.32 Å². The summed E-state index contributed by atoms with van der Waals surface area (Å²) >= 11 is 1.49. The van der Waals surface area contributed by atoms with Crippen LogP contribution >= 0.6 is 11.3 Å². The van der Waals surface area contributed by atoms with Gasteiger partial charge in [-0.25, -0.2) is 4.79 Å². The first-order valence-corrected chi connectivity index (χ1v) is 6.54. The summed E-state index contributed by atoms with van der Waals surface area (Å²) in [6, 6.07) is 0. The summed E-state index contributed by atoms with van der Waals surface area (Å²) in [6.07, 6.45) is 0.845. The highest BCUT2D eigenvalue weighted by Crippen LogP contribution is 2.34. The first kappa shape index (κ1) is 12.4. The molecular formula is C12H18N2O2S. The molecule has 1 aliphatic heterocycles. The number of nitrogen functional groups attached to an aromatic ring is 1. The number of esters is 1. The van der Waals surface area contributed by atoms with Crippen LogP contribution in [0.4, 0.5) is 5.00 Å². The van der Waals surface area contributed by atoms with Crippen LogP contribution in [0.2, 0.25) is 0 Å². The molecule has 0 aromatic carbocycles. The lowest BCUT2D eigenvalue weighted by molar-refractivity contribution is 0.00700. The Morgan fingerprint density at radius 1 is 1.47 bits per heavy atom. The zero-order chi connectivity index (χ0) is 12.6. The van der Waals surface area contributed by atoms with Crippen LogP contribution in [0.1, 0.15) is 41.6 Å². The van der Waals surface area contributed by atoms with Gasteiger partial charge in [0.2, 0.25) is 0 Å². The Hall–Kier alpha value is -1.07. The molecule has 0 atom stereocenters. The second-order valence-electron chi connectivity index (χ2n) is 5.17. The highest BCUT2D eigenvalue weighted by molar-refractivity contribution is 7.16. The summed E-state index contributed by atoms with van der Waals surface area (Å²) in [4.78, 5) is 13.3. The van der Waals surface area contributed by atoms with Gasteiger partial charge in [0.25, 0.3) is 0 Å². The van der Waals surface area contributed by atoms with E-state index < -0.39 is 5.60 Å². The average molecular weight is 254 g/mol. The molecule has 2 rings (SSSR count). The molecule has 94 valence electrons. The number of rotatable bonds is 1. The Morgan fingerprint density at radius 2 is 2.18 bits per heavy atom. The molecular weight excluding hydrogens is 236 g/mol. The number of hydrogen-bond acceptors (Lipinski definition) is 5. The van der Waals surface area contributed by atoms with Gasteiger partial charge in [0.15, 0.2) is 0 Å². The van der Waals surface area contributed by atoms with E-state index in [1.165, 1.54) is 11.3 Å². The zero-order valence-electron chi connectivity index (χ0n) is 10.4. The van der Waals surface area contributed by atoms with Crippen molar-refractivity contribution in [1.29, 1.82) is 0 Å². The molecule has 0 radical (unpaired) electrons. The van der Waals surface area contributed by atoms with Crippen molar-refractivity contribution in [3.8, 4) is 0 Å². The Bertz CT molecular complexity index is 446. The Labute approximate surface area is 105 Å². The zero-order valence-corrected chi connectivity index (χ0v) is 11.2. The van der Waals surface area contributed by atoms with E-state index >= 15 is 0 Å². The third kappa shape index (κ3) is 2.61. The number of nitrogens with two attached hydrogens (primary N) is 1. The molecule has 0 fully saturated rings. The highest BCUT2D eigenvalue weighted by atomic mass is 32.1. The fourth-order valence-corrected chi connectivity index (χ4v) is 2.98. The number of thiophene rings is 1. The second-order valence-corrected chi connectivity index (χ2v) is 6.31. The largest absolute Gasteiger partial charge is 0.456 e. The summed E-state index contributed by atoms with van der Waals surface area (Å²) < 4.78 is 5.40. The van der Waals surface area contributed by atoms with Gasteiger partial charge in [0.05, 0.1) is 5.56 Å². The third-order valence-electron chi connectivity index (χ3n) is 2.56. The normalized spacial score (nSPS) is 15.5. The summed E-state index contributed by atoms with van der Waals surface area (Å²) in [5.74, 6) is -0.297. The maximum absolute atomic E-state index is 12.1. The summed E-state index contributed by atoms with van der Waals surface area (Å²) in [6.45, 7) is 7.27. The van der Waals surface area contributed by atoms with E-state index in [0.29, 0.717) is 10.6 Å². The minimum Gasteiger partial charge on any atom is -0.456 e. The molecule has 0 saturated heterocycles. The van der Waals surface area contributed by atoms with Crippen LogP contribution in [0.3, 0.4) is 0 Å².